The average Bonchev–Trinajstić information content (AvgIpc) is 2.99. The molecular weight excluding hydrogens is 421 g/mol. The third-order valence-electron chi connectivity index (χ3n) is 6.12. The highest BCUT2D eigenvalue weighted by molar-refractivity contribution is 6.63. The van der Waals surface area contributed by atoms with Crippen LogP contribution in [0.2, 0.25) is 0 Å². The first kappa shape index (κ1) is 23.0. The maximum absolute atomic E-state index is 12.2. The lowest BCUT2D eigenvalue weighted by Crippen LogP contribution is -2.41. The Morgan fingerprint density at radius 1 is 1.06 bits per heavy atom. The van der Waals surface area contributed by atoms with E-state index < -0.39 is 24.3 Å². The molecule has 0 unspecified atom stereocenters. The number of aromatic nitrogens is 1. The van der Waals surface area contributed by atoms with Gasteiger partial charge in [0.05, 0.1) is 28.9 Å². The van der Waals surface area contributed by atoms with Crippen molar-refractivity contribution >= 4 is 35.7 Å². The Morgan fingerprint density at radius 2 is 1.79 bits per heavy atom. The molecule has 2 aromatic carbocycles. The van der Waals surface area contributed by atoms with Crippen molar-refractivity contribution in [3.05, 3.63) is 59.7 Å². The van der Waals surface area contributed by atoms with Crippen LogP contribution in [0.4, 0.5) is 0 Å². The standard InChI is InChI=1S/C25H26BNO6/c1-6-30-23(29)19-8-7-9-21-18(19)11-13-22(27-21)31-17-10-12-20(16(14-17)15-28)26-32-24(2,3)25(4,5)33-26/h7-15H,6H2,1-5H3. The summed E-state index contributed by atoms with van der Waals surface area (Å²) in [7, 11) is -0.649. The van der Waals surface area contributed by atoms with Crippen LogP contribution in [0, 0.1) is 0 Å². The number of benzene rings is 2. The number of fused-ring (bicyclic) bond motifs is 1. The molecule has 170 valence electrons. The van der Waals surface area contributed by atoms with Gasteiger partial charge < -0.3 is 18.8 Å². The topological polar surface area (TPSA) is 84.0 Å². The zero-order chi connectivity index (χ0) is 23.8. The molecule has 0 amide bonds. The molecule has 1 aliphatic heterocycles. The fourth-order valence-corrected chi connectivity index (χ4v) is 3.60. The lowest BCUT2D eigenvalue weighted by atomic mass is 9.76. The predicted molar refractivity (Wildman–Crippen MR) is 125 cm³/mol. The molecule has 0 radical (unpaired) electrons. The van der Waals surface area contributed by atoms with Gasteiger partial charge in [0.2, 0.25) is 5.88 Å². The first-order chi connectivity index (χ1) is 15.6. The van der Waals surface area contributed by atoms with Crippen molar-refractivity contribution in [2.24, 2.45) is 0 Å². The third-order valence-corrected chi connectivity index (χ3v) is 6.12. The van der Waals surface area contributed by atoms with E-state index in [0.29, 0.717) is 45.7 Å². The van der Waals surface area contributed by atoms with Gasteiger partial charge in [0.1, 0.15) is 12.0 Å². The van der Waals surface area contributed by atoms with Gasteiger partial charge in [-0.25, -0.2) is 9.78 Å². The minimum Gasteiger partial charge on any atom is -0.462 e. The highest BCUT2D eigenvalue weighted by Gasteiger charge is 2.52. The average molecular weight is 447 g/mol. The number of carbonyl (C=O) groups excluding carboxylic acids is 2. The van der Waals surface area contributed by atoms with Gasteiger partial charge >= 0.3 is 13.1 Å². The van der Waals surface area contributed by atoms with E-state index in [4.69, 9.17) is 18.8 Å². The molecule has 33 heavy (non-hydrogen) atoms. The minimum atomic E-state index is -0.649. The van der Waals surface area contributed by atoms with Crippen LogP contribution < -0.4 is 10.2 Å². The van der Waals surface area contributed by atoms with Crippen molar-refractivity contribution in [3.63, 3.8) is 0 Å². The SMILES string of the molecule is CCOC(=O)c1cccc2nc(Oc3ccc(B4OC(C)(C)C(C)(C)O4)c(C=O)c3)ccc12. The molecule has 7 nitrogen and oxygen atoms in total. The monoisotopic (exact) mass is 447 g/mol. The van der Waals surface area contributed by atoms with Crippen molar-refractivity contribution in [1.29, 1.82) is 0 Å². The second-order valence-corrected chi connectivity index (χ2v) is 8.84. The van der Waals surface area contributed by atoms with Crippen molar-refractivity contribution in [2.75, 3.05) is 6.61 Å². The van der Waals surface area contributed by atoms with Gasteiger partial charge in [0.15, 0.2) is 0 Å². The normalized spacial score (nSPS) is 16.6. The zero-order valence-corrected chi connectivity index (χ0v) is 19.4. The molecule has 0 spiro atoms. The molecule has 1 aliphatic rings. The van der Waals surface area contributed by atoms with Crippen LogP contribution in [-0.4, -0.2) is 42.2 Å². The number of carbonyl (C=O) groups is 2. The largest absolute Gasteiger partial charge is 0.495 e. The van der Waals surface area contributed by atoms with E-state index in [9.17, 15) is 9.59 Å². The summed E-state index contributed by atoms with van der Waals surface area (Å²) in [5, 5.41) is 0.674. The van der Waals surface area contributed by atoms with Gasteiger partial charge in [-0.1, -0.05) is 12.1 Å². The maximum Gasteiger partial charge on any atom is 0.495 e. The molecule has 0 atom stereocenters. The molecule has 8 heteroatoms. The van der Waals surface area contributed by atoms with Crippen LogP contribution in [-0.2, 0) is 14.0 Å². The molecule has 0 saturated carbocycles. The van der Waals surface area contributed by atoms with E-state index in [1.54, 1.807) is 55.5 Å². The zero-order valence-electron chi connectivity index (χ0n) is 19.4. The van der Waals surface area contributed by atoms with E-state index in [-0.39, 0.29) is 0 Å². The fourth-order valence-electron chi connectivity index (χ4n) is 3.60. The van der Waals surface area contributed by atoms with Crippen LogP contribution in [0.1, 0.15) is 55.3 Å². The number of hydrogen-bond donors (Lipinski definition) is 0. The molecule has 0 aliphatic carbocycles. The van der Waals surface area contributed by atoms with Crippen molar-refractivity contribution in [2.45, 2.75) is 45.8 Å². The number of aldehydes is 1. The summed E-state index contributed by atoms with van der Waals surface area (Å²) in [5.74, 6) is 0.391. The molecule has 2 heterocycles. The quantitative estimate of drug-likeness (QED) is 0.316. The summed E-state index contributed by atoms with van der Waals surface area (Å²) in [6, 6.07) is 13.8. The molecule has 1 aromatic heterocycles. The van der Waals surface area contributed by atoms with Gasteiger partial charge in [-0.15, -0.1) is 0 Å². The Hall–Kier alpha value is -3.23. The second-order valence-electron chi connectivity index (χ2n) is 8.84. The van der Waals surface area contributed by atoms with E-state index >= 15 is 0 Å². The van der Waals surface area contributed by atoms with E-state index in [1.807, 2.05) is 27.7 Å². The lowest BCUT2D eigenvalue weighted by Gasteiger charge is -2.32. The van der Waals surface area contributed by atoms with Crippen molar-refractivity contribution in [1.82, 2.24) is 4.98 Å². The van der Waals surface area contributed by atoms with Crippen LogP contribution >= 0.6 is 0 Å². The first-order valence-electron chi connectivity index (χ1n) is 10.8. The molecule has 1 saturated heterocycles. The summed E-state index contributed by atoms with van der Waals surface area (Å²) in [5.41, 5.74) is 1.08. The number of ether oxygens (including phenoxy) is 2. The Kier molecular flexibility index (Phi) is 5.99. The van der Waals surface area contributed by atoms with E-state index in [2.05, 4.69) is 4.98 Å². The van der Waals surface area contributed by atoms with E-state index in [1.165, 1.54) is 0 Å². The van der Waals surface area contributed by atoms with Crippen LogP contribution in [0.5, 0.6) is 11.6 Å². The Labute approximate surface area is 193 Å². The number of nitrogens with zero attached hydrogens (tertiary/aromatic N) is 1. The highest BCUT2D eigenvalue weighted by atomic mass is 16.7. The second kappa shape index (κ2) is 8.61. The first-order valence-corrected chi connectivity index (χ1v) is 10.8. The number of esters is 1. The highest BCUT2D eigenvalue weighted by Crippen LogP contribution is 2.37. The van der Waals surface area contributed by atoms with Crippen LogP contribution in [0.15, 0.2) is 48.5 Å². The van der Waals surface area contributed by atoms with E-state index in [0.717, 1.165) is 6.29 Å². The van der Waals surface area contributed by atoms with Gasteiger partial charge in [-0.05, 0) is 70.4 Å². The summed E-state index contributed by atoms with van der Waals surface area (Å²) >= 11 is 0. The van der Waals surface area contributed by atoms with Gasteiger partial charge in [0, 0.05) is 17.0 Å². The number of rotatable bonds is 6. The Morgan fingerprint density at radius 3 is 2.45 bits per heavy atom. The lowest BCUT2D eigenvalue weighted by molar-refractivity contribution is 0.00578. The smallest absolute Gasteiger partial charge is 0.462 e. The van der Waals surface area contributed by atoms with Crippen LogP contribution in [0.3, 0.4) is 0 Å². The van der Waals surface area contributed by atoms with Gasteiger partial charge in [-0.3, -0.25) is 4.79 Å². The minimum absolute atomic E-state index is 0.296. The van der Waals surface area contributed by atoms with Crippen molar-refractivity contribution in [3.8, 4) is 11.6 Å². The summed E-state index contributed by atoms with van der Waals surface area (Å²) in [6.45, 7) is 9.91. The Balaban J connectivity index is 1.60. The maximum atomic E-state index is 12.2. The summed E-state index contributed by atoms with van der Waals surface area (Å²) < 4.78 is 23.2. The summed E-state index contributed by atoms with van der Waals surface area (Å²) in [4.78, 5) is 28.5. The Bertz CT molecular complexity index is 1210. The van der Waals surface area contributed by atoms with Gasteiger partial charge in [-0.2, -0.15) is 0 Å². The molecule has 3 aromatic rings. The van der Waals surface area contributed by atoms with Crippen LogP contribution in [0.25, 0.3) is 10.9 Å². The summed E-state index contributed by atoms with van der Waals surface area (Å²) in [6.07, 6.45) is 0.757. The molecular formula is C25H26BNO6. The molecule has 0 N–H and O–H groups in total. The van der Waals surface area contributed by atoms with Crippen molar-refractivity contribution < 1.29 is 28.4 Å². The predicted octanol–water partition coefficient (Wildman–Crippen LogP) is 4.32. The number of hydrogen-bond acceptors (Lipinski definition) is 7. The number of pyridine rings is 1. The molecule has 4 rings (SSSR count). The molecule has 1 fully saturated rings. The molecule has 0 bridgehead atoms. The van der Waals surface area contributed by atoms with Gasteiger partial charge in [0.25, 0.3) is 0 Å². The third kappa shape index (κ3) is 4.36. The fraction of sp³-hybridized carbons (Fsp3) is 0.320.